The molecule has 0 aliphatic heterocycles. The molecule has 21 heavy (non-hydrogen) atoms. The molecule has 0 radical (unpaired) electrons. The number of sulfonamides is 1. The summed E-state index contributed by atoms with van der Waals surface area (Å²) in [6, 6.07) is 4.92. The third-order valence-corrected chi connectivity index (χ3v) is 4.62. The van der Waals surface area contributed by atoms with Crippen LogP contribution in [0.15, 0.2) is 18.2 Å². The molecule has 1 rings (SSSR count). The smallest absolute Gasteiger partial charge is 0.257 e. The van der Waals surface area contributed by atoms with Gasteiger partial charge < -0.3 is 15.8 Å². The third kappa shape index (κ3) is 4.61. The summed E-state index contributed by atoms with van der Waals surface area (Å²) >= 11 is 0. The molecule has 118 valence electrons. The number of nitrogens with one attached hydrogen (secondary N) is 1. The molecule has 0 aliphatic carbocycles. The van der Waals surface area contributed by atoms with E-state index in [-0.39, 0.29) is 23.5 Å². The first-order valence-corrected chi connectivity index (χ1v) is 8.10. The number of nitrogens with zero attached hydrogens (tertiary/aromatic N) is 1. The molecule has 0 saturated carbocycles. The number of carbonyl (C=O) groups excluding carboxylic acids is 1. The number of hydrogen-bond acceptors (Lipinski definition) is 5. The lowest BCUT2D eigenvalue weighted by Gasteiger charge is -2.14. The van der Waals surface area contributed by atoms with Gasteiger partial charge in [-0.15, -0.1) is 0 Å². The normalized spacial score (nSPS) is 11.4. The molecule has 0 saturated heterocycles. The molecule has 8 heteroatoms. The molecule has 0 unspecified atom stereocenters. The minimum atomic E-state index is -3.35. The van der Waals surface area contributed by atoms with Crippen molar-refractivity contribution >= 4 is 21.6 Å². The molecular weight excluding hydrogens is 294 g/mol. The molecule has 0 aliphatic rings. The van der Waals surface area contributed by atoms with Crippen molar-refractivity contribution in [2.75, 3.05) is 38.7 Å². The highest BCUT2D eigenvalue weighted by Gasteiger charge is 2.18. The topological polar surface area (TPSA) is 102 Å². The summed E-state index contributed by atoms with van der Waals surface area (Å²) in [6.45, 7) is 2.20. The maximum absolute atomic E-state index is 12.1. The highest BCUT2D eigenvalue weighted by molar-refractivity contribution is 7.89. The Labute approximate surface area is 125 Å². The van der Waals surface area contributed by atoms with E-state index < -0.39 is 15.9 Å². The van der Waals surface area contributed by atoms with Crippen LogP contribution in [0.1, 0.15) is 17.3 Å². The summed E-state index contributed by atoms with van der Waals surface area (Å²) in [5.41, 5.74) is 6.30. The highest BCUT2D eigenvalue weighted by atomic mass is 32.2. The molecule has 0 aromatic heterocycles. The van der Waals surface area contributed by atoms with Gasteiger partial charge in [-0.2, -0.15) is 0 Å². The van der Waals surface area contributed by atoms with Gasteiger partial charge in [0, 0.05) is 26.3 Å². The molecule has 1 aromatic rings. The van der Waals surface area contributed by atoms with E-state index in [2.05, 4.69) is 5.32 Å². The highest BCUT2D eigenvalue weighted by Crippen LogP contribution is 2.24. The monoisotopic (exact) mass is 315 g/mol. The second kappa shape index (κ2) is 7.28. The van der Waals surface area contributed by atoms with Crippen molar-refractivity contribution in [2.45, 2.75) is 6.92 Å². The van der Waals surface area contributed by atoms with Crippen LogP contribution in [0.2, 0.25) is 0 Å². The zero-order valence-electron chi connectivity index (χ0n) is 12.4. The van der Waals surface area contributed by atoms with Crippen molar-refractivity contribution in [1.82, 2.24) is 9.62 Å². The number of nitrogen functional groups attached to an aromatic ring is 1. The van der Waals surface area contributed by atoms with Crippen LogP contribution in [0.3, 0.4) is 0 Å². The molecule has 1 amide bonds. The van der Waals surface area contributed by atoms with Crippen LogP contribution in [0.25, 0.3) is 0 Å². The van der Waals surface area contributed by atoms with E-state index in [0.717, 1.165) is 4.31 Å². The van der Waals surface area contributed by atoms with Crippen molar-refractivity contribution in [1.29, 1.82) is 0 Å². The maximum Gasteiger partial charge on any atom is 0.257 e. The zero-order valence-corrected chi connectivity index (χ0v) is 13.2. The SMILES string of the molecule is CCOc1cccc(N)c1C(=O)NCCS(=O)(=O)N(C)C. The molecule has 0 atom stereocenters. The van der Waals surface area contributed by atoms with E-state index in [1.807, 2.05) is 0 Å². The van der Waals surface area contributed by atoms with Gasteiger partial charge in [0.05, 0.1) is 12.4 Å². The Bertz CT molecular complexity index is 599. The number of nitrogens with two attached hydrogens (primary N) is 1. The summed E-state index contributed by atoms with van der Waals surface area (Å²) < 4.78 is 29.7. The van der Waals surface area contributed by atoms with Crippen molar-refractivity contribution in [2.24, 2.45) is 0 Å². The van der Waals surface area contributed by atoms with Gasteiger partial charge in [0.2, 0.25) is 10.0 Å². The van der Waals surface area contributed by atoms with Gasteiger partial charge in [-0.05, 0) is 19.1 Å². The molecule has 7 nitrogen and oxygen atoms in total. The number of carbonyl (C=O) groups is 1. The first-order valence-electron chi connectivity index (χ1n) is 6.49. The Kier molecular flexibility index (Phi) is 5.98. The number of rotatable bonds is 7. The maximum atomic E-state index is 12.1. The van der Waals surface area contributed by atoms with Crippen molar-refractivity contribution in [3.63, 3.8) is 0 Å². The van der Waals surface area contributed by atoms with Crippen LogP contribution in [0.4, 0.5) is 5.69 Å². The Morgan fingerprint density at radius 2 is 2.05 bits per heavy atom. The Balaban J connectivity index is 2.77. The third-order valence-electron chi connectivity index (χ3n) is 2.79. The Morgan fingerprint density at radius 1 is 1.38 bits per heavy atom. The van der Waals surface area contributed by atoms with Gasteiger partial charge in [-0.1, -0.05) is 6.07 Å². The van der Waals surface area contributed by atoms with Gasteiger partial charge in [-0.3, -0.25) is 4.79 Å². The van der Waals surface area contributed by atoms with Gasteiger partial charge >= 0.3 is 0 Å². The zero-order chi connectivity index (χ0) is 16.0. The average molecular weight is 315 g/mol. The lowest BCUT2D eigenvalue weighted by molar-refractivity contribution is 0.0953. The lowest BCUT2D eigenvalue weighted by Crippen LogP contribution is -2.34. The summed E-state index contributed by atoms with van der Waals surface area (Å²) in [6.07, 6.45) is 0. The second-order valence-corrected chi connectivity index (χ2v) is 6.81. The first-order chi connectivity index (χ1) is 9.79. The Hall–Kier alpha value is -1.80. The molecule has 0 heterocycles. The van der Waals surface area contributed by atoms with Crippen molar-refractivity contribution in [3.8, 4) is 5.75 Å². The number of benzene rings is 1. The number of amides is 1. The van der Waals surface area contributed by atoms with Crippen LogP contribution in [-0.2, 0) is 10.0 Å². The van der Waals surface area contributed by atoms with Crippen molar-refractivity contribution < 1.29 is 17.9 Å². The van der Waals surface area contributed by atoms with Crippen LogP contribution < -0.4 is 15.8 Å². The van der Waals surface area contributed by atoms with Crippen LogP contribution >= 0.6 is 0 Å². The summed E-state index contributed by atoms with van der Waals surface area (Å²) in [7, 11) is -0.462. The molecular formula is C13H21N3O4S. The number of hydrogen-bond donors (Lipinski definition) is 2. The quantitative estimate of drug-likeness (QED) is 0.704. The molecule has 0 spiro atoms. The van der Waals surface area contributed by atoms with Gasteiger partial charge in [0.25, 0.3) is 5.91 Å². The second-order valence-electron chi connectivity index (χ2n) is 4.51. The fraction of sp³-hybridized carbons (Fsp3) is 0.462. The summed E-state index contributed by atoms with van der Waals surface area (Å²) in [4.78, 5) is 12.1. The van der Waals surface area contributed by atoms with Crippen LogP contribution in [-0.4, -0.2) is 51.6 Å². The predicted octanol–water partition coefficient (Wildman–Crippen LogP) is 0.289. The van der Waals surface area contributed by atoms with Crippen LogP contribution in [0.5, 0.6) is 5.75 Å². The van der Waals surface area contributed by atoms with E-state index in [1.165, 1.54) is 14.1 Å². The standard InChI is InChI=1S/C13H21N3O4S/c1-4-20-11-7-5-6-10(14)12(11)13(17)15-8-9-21(18,19)16(2)3/h5-7H,4,8-9,14H2,1-3H3,(H,15,17). The van der Waals surface area contributed by atoms with E-state index >= 15 is 0 Å². The minimum absolute atomic E-state index is 0.000748. The molecule has 3 N–H and O–H groups in total. The minimum Gasteiger partial charge on any atom is -0.493 e. The molecule has 1 aromatic carbocycles. The first kappa shape index (κ1) is 17.3. The fourth-order valence-electron chi connectivity index (χ4n) is 1.63. The average Bonchev–Trinajstić information content (AvgIpc) is 2.38. The summed E-state index contributed by atoms with van der Waals surface area (Å²) in [5, 5.41) is 2.54. The fourth-order valence-corrected chi connectivity index (χ4v) is 2.36. The summed E-state index contributed by atoms with van der Waals surface area (Å²) in [5.74, 6) is -0.251. The predicted molar refractivity (Wildman–Crippen MR) is 81.8 cm³/mol. The van der Waals surface area contributed by atoms with E-state index in [1.54, 1.807) is 25.1 Å². The number of anilines is 1. The van der Waals surface area contributed by atoms with E-state index in [9.17, 15) is 13.2 Å². The van der Waals surface area contributed by atoms with Gasteiger partial charge in [0.15, 0.2) is 0 Å². The largest absolute Gasteiger partial charge is 0.493 e. The number of ether oxygens (including phenoxy) is 1. The van der Waals surface area contributed by atoms with E-state index in [4.69, 9.17) is 10.5 Å². The van der Waals surface area contributed by atoms with Gasteiger partial charge in [-0.25, -0.2) is 12.7 Å². The molecule has 0 bridgehead atoms. The Morgan fingerprint density at radius 3 is 2.62 bits per heavy atom. The van der Waals surface area contributed by atoms with Gasteiger partial charge in [0.1, 0.15) is 11.3 Å². The van der Waals surface area contributed by atoms with Crippen molar-refractivity contribution in [3.05, 3.63) is 23.8 Å². The lowest BCUT2D eigenvalue weighted by atomic mass is 10.1. The van der Waals surface area contributed by atoms with E-state index in [0.29, 0.717) is 12.4 Å². The molecule has 0 fully saturated rings. The van der Waals surface area contributed by atoms with Crippen LogP contribution in [0, 0.1) is 0 Å².